The van der Waals surface area contributed by atoms with Crippen molar-refractivity contribution in [1.82, 2.24) is 14.3 Å². The number of benzene rings is 1. The molecule has 1 aliphatic rings. The Morgan fingerprint density at radius 2 is 2.00 bits per heavy atom. The van der Waals surface area contributed by atoms with Crippen molar-refractivity contribution in [2.75, 3.05) is 5.32 Å². The highest BCUT2D eigenvalue weighted by Crippen LogP contribution is 2.32. The van der Waals surface area contributed by atoms with E-state index in [1.807, 2.05) is 44.3 Å². The lowest BCUT2D eigenvalue weighted by molar-refractivity contribution is -0.113. The molecule has 8 nitrogen and oxygen atoms in total. The zero-order chi connectivity index (χ0) is 23.1. The van der Waals surface area contributed by atoms with Crippen LogP contribution in [0.4, 0.5) is 5.69 Å². The number of rotatable bonds is 4. The molecule has 0 unspecified atom stereocenters. The first kappa shape index (κ1) is 20.9. The highest BCUT2D eigenvalue weighted by molar-refractivity contribution is 7.07. The van der Waals surface area contributed by atoms with E-state index in [9.17, 15) is 9.59 Å². The van der Waals surface area contributed by atoms with Gasteiger partial charge in [-0.1, -0.05) is 29.5 Å². The Labute approximate surface area is 192 Å². The molecule has 0 saturated carbocycles. The number of nitrogens with zero attached hydrogens (tertiary/aromatic N) is 4. The molecule has 1 N–H and O–H groups in total. The minimum Gasteiger partial charge on any atom is -0.472 e. The number of fused-ring (bicyclic) bond motifs is 1. The van der Waals surface area contributed by atoms with Crippen LogP contribution < -0.4 is 20.2 Å². The molecular formula is C24H21N5O3S. The summed E-state index contributed by atoms with van der Waals surface area (Å²) in [4.78, 5) is 32.2. The fraction of sp³-hybridized carbons (Fsp3) is 0.167. The van der Waals surface area contributed by atoms with Gasteiger partial charge in [0.05, 0.1) is 34.5 Å². The van der Waals surface area contributed by atoms with Crippen molar-refractivity contribution in [3.63, 3.8) is 0 Å². The second-order valence-corrected chi connectivity index (χ2v) is 8.78. The Morgan fingerprint density at radius 3 is 2.67 bits per heavy atom. The van der Waals surface area contributed by atoms with Crippen LogP contribution in [0.25, 0.3) is 6.08 Å². The number of thiazole rings is 1. The van der Waals surface area contributed by atoms with Crippen molar-refractivity contribution in [2.45, 2.75) is 19.9 Å². The highest BCUT2D eigenvalue weighted by Gasteiger charge is 2.34. The van der Waals surface area contributed by atoms with Crippen molar-refractivity contribution in [2.24, 2.45) is 12.0 Å². The van der Waals surface area contributed by atoms with Crippen LogP contribution in [0, 0.1) is 6.92 Å². The maximum Gasteiger partial charge on any atom is 0.271 e. The van der Waals surface area contributed by atoms with Crippen molar-refractivity contribution in [1.29, 1.82) is 0 Å². The van der Waals surface area contributed by atoms with Gasteiger partial charge in [0.25, 0.3) is 11.5 Å². The van der Waals surface area contributed by atoms with Gasteiger partial charge in [0.1, 0.15) is 6.04 Å². The number of anilines is 1. The zero-order valence-electron chi connectivity index (χ0n) is 18.3. The molecule has 0 saturated heterocycles. The van der Waals surface area contributed by atoms with E-state index in [0.717, 1.165) is 16.8 Å². The lowest BCUT2D eigenvalue weighted by Gasteiger charge is -2.25. The molecule has 1 aromatic carbocycles. The van der Waals surface area contributed by atoms with Gasteiger partial charge < -0.3 is 9.73 Å². The Bertz CT molecular complexity index is 1560. The summed E-state index contributed by atoms with van der Waals surface area (Å²) in [6.45, 7) is 3.72. The van der Waals surface area contributed by atoms with Gasteiger partial charge in [-0.3, -0.25) is 18.8 Å². The Hall–Kier alpha value is -3.98. The minimum atomic E-state index is -0.648. The zero-order valence-corrected chi connectivity index (χ0v) is 19.1. The number of para-hydroxylation sites is 1. The van der Waals surface area contributed by atoms with Gasteiger partial charge in [-0.25, -0.2) is 4.99 Å². The van der Waals surface area contributed by atoms with Gasteiger partial charge in [-0.05, 0) is 38.1 Å². The summed E-state index contributed by atoms with van der Waals surface area (Å²) in [6.07, 6.45) is 6.61. The average Bonchev–Trinajstić information content (AvgIpc) is 3.50. The molecule has 0 spiro atoms. The molecule has 3 aromatic heterocycles. The van der Waals surface area contributed by atoms with E-state index in [-0.39, 0.29) is 11.5 Å². The van der Waals surface area contributed by atoms with Crippen molar-refractivity contribution >= 4 is 29.0 Å². The predicted molar refractivity (Wildman–Crippen MR) is 125 cm³/mol. The summed E-state index contributed by atoms with van der Waals surface area (Å²) in [5.74, 6) is -0.306. The first-order valence-electron chi connectivity index (χ1n) is 10.3. The number of carbonyl (C=O) groups is 1. The first-order valence-corrected chi connectivity index (χ1v) is 11.2. The molecule has 4 aromatic rings. The maximum atomic E-state index is 13.5. The van der Waals surface area contributed by atoms with E-state index in [1.165, 1.54) is 11.3 Å². The van der Waals surface area contributed by atoms with Gasteiger partial charge in [0.15, 0.2) is 4.80 Å². The molecule has 33 heavy (non-hydrogen) atoms. The molecule has 166 valence electrons. The molecule has 0 fully saturated rings. The molecule has 4 heterocycles. The van der Waals surface area contributed by atoms with Crippen LogP contribution in [0.5, 0.6) is 0 Å². The molecular weight excluding hydrogens is 438 g/mol. The largest absolute Gasteiger partial charge is 0.472 e. The average molecular weight is 460 g/mol. The molecule has 0 aliphatic carbocycles. The first-order chi connectivity index (χ1) is 15.9. The van der Waals surface area contributed by atoms with Crippen LogP contribution >= 0.6 is 11.3 Å². The SMILES string of the molecule is CC1=C(C(=O)Nc2ccccc2)[C@H](c2cnn(C)c2C)n2c(sc(=Cc3ccoc3)c2=O)=N1. The smallest absolute Gasteiger partial charge is 0.271 e. The fourth-order valence-electron chi connectivity index (χ4n) is 3.92. The van der Waals surface area contributed by atoms with Gasteiger partial charge in [-0.15, -0.1) is 0 Å². The standard InChI is InChI=1S/C24H21N5O3S/c1-14-20(22(30)27-17-7-5-4-6-8-17)21(18-12-25-28(3)15(18)2)29-23(31)19(33-24(29)26-14)11-16-9-10-32-13-16/h4-13,21H,1-3H3,(H,27,30)/t21-/m0/s1. The van der Waals surface area contributed by atoms with E-state index in [1.54, 1.807) is 47.0 Å². The molecule has 9 heteroatoms. The van der Waals surface area contributed by atoms with E-state index >= 15 is 0 Å². The van der Waals surface area contributed by atoms with Gasteiger partial charge in [-0.2, -0.15) is 5.10 Å². The minimum absolute atomic E-state index is 0.217. The Kier molecular flexibility index (Phi) is 5.18. The molecule has 5 rings (SSSR count). The third kappa shape index (κ3) is 3.66. The second kappa shape index (κ2) is 8.18. The van der Waals surface area contributed by atoms with E-state index in [2.05, 4.69) is 15.4 Å². The number of hydrogen-bond acceptors (Lipinski definition) is 6. The van der Waals surface area contributed by atoms with Crippen LogP contribution in [0.1, 0.15) is 29.8 Å². The third-order valence-electron chi connectivity index (χ3n) is 5.71. The molecule has 0 bridgehead atoms. The van der Waals surface area contributed by atoms with Gasteiger partial charge in [0.2, 0.25) is 0 Å². The topological polar surface area (TPSA) is 94.4 Å². The highest BCUT2D eigenvalue weighted by atomic mass is 32.1. The summed E-state index contributed by atoms with van der Waals surface area (Å²) in [5.41, 5.74) is 3.86. The normalized spacial score (nSPS) is 16.0. The Morgan fingerprint density at radius 1 is 1.21 bits per heavy atom. The monoisotopic (exact) mass is 459 g/mol. The lowest BCUT2D eigenvalue weighted by Crippen LogP contribution is -2.40. The number of carbonyl (C=O) groups excluding carboxylic acids is 1. The van der Waals surface area contributed by atoms with Crippen LogP contribution in [-0.4, -0.2) is 20.3 Å². The number of aryl methyl sites for hydroxylation is 1. The van der Waals surface area contributed by atoms with Gasteiger partial charge in [0, 0.05) is 29.6 Å². The quantitative estimate of drug-likeness (QED) is 0.507. The summed E-state index contributed by atoms with van der Waals surface area (Å²) < 4.78 is 8.97. The van der Waals surface area contributed by atoms with Crippen LogP contribution in [0.3, 0.4) is 0 Å². The summed E-state index contributed by atoms with van der Waals surface area (Å²) >= 11 is 1.29. The van der Waals surface area contributed by atoms with Crippen LogP contribution in [0.15, 0.2) is 80.6 Å². The van der Waals surface area contributed by atoms with Crippen molar-refractivity contribution < 1.29 is 9.21 Å². The maximum absolute atomic E-state index is 13.5. The molecule has 1 aliphatic heterocycles. The third-order valence-corrected chi connectivity index (χ3v) is 6.69. The number of nitrogens with one attached hydrogen (secondary N) is 1. The molecule has 1 amide bonds. The number of aromatic nitrogens is 3. The summed E-state index contributed by atoms with van der Waals surface area (Å²) in [6, 6.07) is 10.4. The second-order valence-electron chi connectivity index (χ2n) is 7.77. The lowest BCUT2D eigenvalue weighted by atomic mass is 9.95. The predicted octanol–water partition coefficient (Wildman–Crippen LogP) is 2.51. The summed E-state index contributed by atoms with van der Waals surface area (Å²) in [5, 5.41) is 7.31. The number of hydrogen-bond donors (Lipinski definition) is 1. The number of allylic oxidation sites excluding steroid dienone is 1. The van der Waals surface area contributed by atoms with Gasteiger partial charge >= 0.3 is 0 Å². The van der Waals surface area contributed by atoms with E-state index in [0.29, 0.717) is 26.3 Å². The van der Waals surface area contributed by atoms with Crippen molar-refractivity contribution in [3.05, 3.63) is 103 Å². The number of furan rings is 1. The number of amides is 1. The Balaban J connectivity index is 1.70. The van der Waals surface area contributed by atoms with E-state index in [4.69, 9.17) is 4.42 Å². The van der Waals surface area contributed by atoms with Crippen LogP contribution in [0.2, 0.25) is 0 Å². The summed E-state index contributed by atoms with van der Waals surface area (Å²) in [7, 11) is 1.84. The molecule has 1 atom stereocenters. The van der Waals surface area contributed by atoms with E-state index < -0.39 is 6.04 Å². The van der Waals surface area contributed by atoms with Crippen LogP contribution in [-0.2, 0) is 11.8 Å². The fourth-order valence-corrected chi connectivity index (χ4v) is 4.97. The van der Waals surface area contributed by atoms with Crippen molar-refractivity contribution in [3.8, 4) is 0 Å². The molecule has 0 radical (unpaired) electrons.